The second-order valence-corrected chi connectivity index (χ2v) is 8.32. The van der Waals surface area contributed by atoms with Crippen LogP contribution in [-0.2, 0) is 7.05 Å². The molecule has 9 nitrogen and oxygen atoms in total. The Balaban J connectivity index is 1.28. The molecule has 10 heteroatoms. The molecule has 0 N–H and O–H groups in total. The number of hydrogen-bond acceptors (Lipinski definition) is 7. The number of rotatable bonds is 4. The van der Waals surface area contributed by atoms with Crippen molar-refractivity contribution in [3.05, 3.63) is 59.9 Å². The standard InChI is InChI=1S/C21H22N8OS/c1-15-22-5-6-29(15)20-13-19(23-14-24-20)27-7-9-28(10-8-27)21(30)17-12-16(25-26(17)2)18-4-3-11-31-18/h3-6,11-14H,7-10H2,1-2H3. The van der Waals surface area contributed by atoms with Crippen molar-refractivity contribution in [1.82, 2.24) is 34.2 Å². The minimum Gasteiger partial charge on any atom is -0.353 e. The molecule has 4 aromatic rings. The van der Waals surface area contributed by atoms with E-state index in [0.717, 1.165) is 28.0 Å². The van der Waals surface area contributed by atoms with Crippen LogP contribution in [0.25, 0.3) is 16.4 Å². The van der Waals surface area contributed by atoms with E-state index in [1.54, 1.807) is 28.5 Å². The quantitative estimate of drug-likeness (QED) is 0.490. The highest BCUT2D eigenvalue weighted by molar-refractivity contribution is 7.13. The largest absolute Gasteiger partial charge is 0.353 e. The Kier molecular flexibility index (Phi) is 4.99. The van der Waals surface area contributed by atoms with Crippen LogP contribution in [0.5, 0.6) is 0 Å². The Bertz CT molecular complexity index is 1200. The number of amides is 1. The first-order valence-corrected chi connectivity index (χ1v) is 10.9. The van der Waals surface area contributed by atoms with Gasteiger partial charge in [-0.1, -0.05) is 6.07 Å². The van der Waals surface area contributed by atoms with Crippen LogP contribution in [0.15, 0.2) is 48.4 Å². The number of aryl methyl sites for hydroxylation is 2. The second-order valence-electron chi connectivity index (χ2n) is 7.37. The summed E-state index contributed by atoms with van der Waals surface area (Å²) in [6.07, 6.45) is 5.21. The number of carbonyl (C=O) groups excluding carboxylic acids is 1. The van der Waals surface area contributed by atoms with E-state index in [9.17, 15) is 4.79 Å². The van der Waals surface area contributed by atoms with Crippen LogP contribution in [0, 0.1) is 6.92 Å². The molecule has 1 amide bonds. The van der Waals surface area contributed by atoms with Crippen molar-refractivity contribution in [1.29, 1.82) is 0 Å². The molecular weight excluding hydrogens is 412 g/mol. The minimum atomic E-state index is 0.00914. The van der Waals surface area contributed by atoms with E-state index in [1.165, 1.54) is 0 Å². The van der Waals surface area contributed by atoms with Crippen LogP contribution >= 0.6 is 11.3 Å². The predicted octanol–water partition coefficient (Wildman–Crippen LogP) is 2.40. The lowest BCUT2D eigenvalue weighted by atomic mass is 10.2. The lowest BCUT2D eigenvalue weighted by molar-refractivity contribution is 0.0735. The van der Waals surface area contributed by atoms with Crippen molar-refractivity contribution in [3.8, 4) is 16.4 Å². The zero-order chi connectivity index (χ0) is 21.4. The van der Waals surface area contributed by atoms with Gasteiger partial charge in [0.15, 0.2) is 0 Å². The molecule has 0 atom stereocenters. The van der Waals surface area contributed by atoms with Gasteiger partial charge in [0.1, 0.15) is 35.2 Å². The van der Waals surface area contributed by atoms with Gasteiger partial charge in [0.25, 0.3) is 5.91 Å². The molecule has 0 unspecified atom stereocenters. The molecule has 158 valence electrons. The van der Waals surface area contributed by atoms with E-state index in [4.69, 9.17) is 0 Å². The molecule has 0 aromatic carbocycles. The maximum Gasteiger partial charge on any atom is 0.272 e. The molecular formula is C21H22N8OS. The molecule has 1 aliphatic rings. The monoisotopic (exact) mass is 434 g/mol. The number of carbonyl (C=O) groups is 1. The van der Waals surface area contributed by atoms with Gasteiger partial charge in [0.2, 0.25) is 0 Å². The average molecular weight is 435 g/mol. The molecule has 1 aliphatic heterocycles. The fraction of sp³-hybridized carbons (Fsp3) is 0.286. The summed E-state index contributed by atoms with van der Waals surface area (Å²) in [5.41, 5.74) is 1.44. The average Bonchev–Trinajstić information content (AvgIpc) is 3.54. The number of thiophene rings is 1. The topological polar surface area (TPSA) is 85.0 Å². The van der Waals surface area contributed by atoms with Crippen LogP contribution in [0.3, 0.4) is 0 Å². The van der Waals surface area contributed by atoms with E-state index >= 15 is 0 Å². The van der Waals surface area contributed by atoms with Crippen LogP contribution < -0.4 is 4.90 Å². The maximum absolute atomic E-state index is 13.1. The molecule has 31 heavy (non-hydrogen) atoms. The number of nitrogens with zero attached hydrogens (tertiary/aromatic N) is 8. The van der Waals surface area contributed by atoms with Gasteiger partial charge in [-0.05, 0) is 24.4 Å². The van der Waals surface area contributed by atoms with Gasteiger partial charge in [0.05, 0.1) is 4.88 Å². The van der Waals surface area contributed by atoms with Gasteiger partial charge < -0.3 is 9.80 Å². The Morgan fingerprint density at radius 2 is 1.87 bits per heavy atom. The number of anilines is 1. The normalized spacial score (nSPS) is 14.3. The number of aromatic nitrogens is 6. The van der Waals surface area contributed by atoms with E-state index in [2.05, 4.69) is 25.0 Å². The Morgan fingerprint density at radius 3 is 2.58 bits per heavy atom. The van der Waals surface area contributed by atoms with E-state index < -0.39 is 0 Å². The summed E-state index contributed by atoms with van der Waals surface area (Å²) < 4.78 is 3.60. The van der Waals surface area contributed by atoms with Gasteiger partial charge in [-0.15, -0.1) is 11.3 Å². The van der Waals surface area contributed by atoms with E-state index in [0.29, 0.717) is 31.9 Å². The first-order valence-electron chi connectivity index (χ1n) is 10.0. The van der Waals surface area contributed by atoms with Crippen molar-refractivity contribution >= 4 is 23.1 Å². The van der Waals surface area contributed by atoms with Crippen molar-refractivity contribution in [3.63, 3.8) is 0 Å². The van der Waals surface area contributed by atoms with Crippen LogP contribution in [0.1, 0.15) is 16.3 Å². The van der Waals surface area contributed by atoms with E-state index in [-0.39, 0.29) is 5.91 Å². The fourth-order valence-electron chi connectivity index (χ4n) is 3.77. The summed E-state index contributed by atoms with van der Waals surface area (Å²) >= 11 is 1.62. The molecule has 0 bridgehead atoms. The van der Waals surface area contributed by atoms with Gasteiger partial charge in [0, 0.05) is 51.7 Å². The number of hydrogen-bond donors (Lipinski definition) is 0. The molecule has 1 saturated heterocycles. The molecule has 5 heterocycles. The maximum atomic E-state index is 13.1. The van der Waals surface area contributed by atoms with Crippen molar-refractivity contribution < 1.29 is 4.79 Å². The van der Waals surface area contributed by atoms with Crippen LogP contribution in [0.4, 0.5) is 5.82 Å². The lowest BCUT2D eigenvalue weighted by Crippen LogP contribution is -2.49. The van der Waals surface area contributed by atoms with Gasteiger partial charge in [-0.25, -0.2) is 15.0 Å². The molecule has 1 fully saturated rings. The summed E-state index contributed by atoms with van der Waals surface area (Å²) in [4.78, 5) is 31.3. The number of piperazine rings is 1. The van der Waals surface area contributed by atoms with Crippen LogP contribution in [0.2, 0.25) is 0 Å². The second kappa shape index (κ2) is 7.95. The molecule has 0 saturated carbocycles. The highest BCUT2D eigenvalue weighted by Crippen LogP contribution is 2.25. The summed E-state index contributed by atoms with van der Waals surface area (Å²) in [5, 5.41) is 6.53. The van der Waals surface area contributed by atoms with Crippen LogP contribution in [-0.4, -0.2) is 66.3 Å². The smallest absolute Gasteiger partial charge is 0.272 e. The Labute approximate surface area is 183 Å². The third-order valence-corrected chi connectivity index (χ3v) is 6.37. The predicted molar refractivity (Wildman–Crippen MR) is 119 cm³/mol. The first kappa shape index (κ1) is 19.4. The van der Waals surface area contributed by atoms with Crippen molar-refractivity contribution in [2.24, 2.45) is 7.05 Å². The van der Waals surface area contributed by atoms with Gasteiger partial charge >= 0.3 is 0 Å². The molecule has 4 aromatic heterocycles. The lowest BCUT2D eigenvalue weighted by Gasteiger charge is -2.35. The third-order valence-electron chi connectivity index (χ3n) is 5.47. The third kappa shape index (κ3) is 3.70. The molecule has 5 rings (SSSR count). The first-order chi connectivity index (χ1) is 15.1. The summed E-state index contributed by atoms with van der Waals surface area (Å²) in [5.74, 6) is 2.52. The highest BCUT2D eigenvalue weighted by atomic mass is 32.1. The van der Waals surface area contributed by atoms with Gasteiger partial charge in [-0.3, -0.25) is 14.0 Å². The Morgan fingerprint density at radius 1 is 1.06 bits per heavy atom. The SMILES string of the molecule is Cc1nccn1-c1cc(N2CCN(C(=O)c3cc(-c4cccs4)nn3C)CC2)ncn1. The highest BCUT2D eigenvalue weighted by Gasteiger charge is 2.26. The molecule has 0 spiro atoms. The molecule has 0 aliphatic carbocycles. The summed E-state index contributed by atoms with van der Waals surface area (Å²) in [7, 11) is 1.82. The zero-order valence-corrected chi connectivity index (χ0v) is 18.2. The van der Waals surface area contributed by atoms with Crippen molar-refractivity contribution in [2.75, 3.05) is 31.1 Å². The fourth-order valence-corrected chi connectivity index (χ4v) is 4.46. The summed E-state index contributed by atoms with van der Waals surface area (Å²) in [6, 6.07) is 7.84. The van der Waals surface area contributed by atoms with Crippen molar-refractivity contribution in [2.45, 2.75) is 6.92 Å². The minimum absolute atomic E-state index is 0.00914. The molecule has 0 radical (unpaired) electrons. The van der Waals surface area contributed by atoms with Gasteiger partial charge in [-0.2, -0.15) is 5.10 Å². The number of imidazole rings is 1. The van der Waals surface area contributed by atoms with E-state index in [1.807, 2.05) is 59.3 Å². The Hall–Kier alpha value is -3.53. The zero-order valence-electron chi connectivity index (χ0n) is 17.3. The summed E-state index contributed by atoms with van der Waals surface area (Å²) in [6.45, 7) is 4.61.